The number of amides is 2. The highest BCUT2D eigenvalue weighted by atomic mass is 32.2. The van der Waals surface area contributed by atoms with Crippen LogP contribution in [0.1, 0.15) is 29.8 Å². The lowest BCUT2D eigenvalue weighted by molar-refractivity contribution is -0.120. The summed E-state index contributed by atoms with van der Waals surface area (Å²) in [5, 5.41) is 5.22. The number of benzene rings is 1. The van der Waals surface area contributed by atoms with E-state index in [1.807, 2.05) is 30.8 Å². The monoisotopic (exact) mass is 280 g/mol. The van der Waals surface area contributed by atoms with Crippen LogP contribution in [0.2, 0.25) is 0 Å². The Labute approximate surface area is 118 Å². The summed E-state index contributed by atoms with van der Waals surface area (Å²) in [7, 11) is 0. The topological polar surface area (TPSA) is 58.2 Å². The zero-order valence-electron chi connectivity index (χ0n) is 11.4. The van der Waals surface area contributed by atoms with Crippen LogP contribution in [0.25, 0.3) is 0 Å². The largest absolute Gasteiger partial charge is 0.355 e. The average molecular weight is 280 g/mol. The van der Waals surface area contributed by atoms with Gasteiger partial charge >= 0.3 is 0 Å². The number of thioether (sulfide) groups is 1. The first kappa shape index (κ1) is 15.6. The van der Waals surface area contributed by atoms with Crippen LogP contribution in [0.5, 0.6) is 0 Å². The summed E-state index contributed by atoms with van der Waals surface area (Å²) in [5.41, 5.74) is 1.78. The number of nitrogens with one attached hydrogen (secondary N) is 2. The van der Waals surface area contributed by atoms with Gasteiger partial charge in [-0.25, -0.2) is 0 Å². The van der Waals surface area contributed by atoms with Gasteiger partial charge in [0.25, 0.3) is 5.91 Å². The van der Waals surface area contributed by atoms with E-state index >= 15 is 0 Å². The quantitative estimate of drug-likeness (QED) is 0.801. The molecule has 0 aliphatic carbocycles. The Hall–Kier alpha value is -1.49. The molecule has 0 saturated heterocycles. The SMILES string of the molecule is CCNC(=O)CNC(=O)c1ccc(CSCC)cc1. The van der Waals surface area contributed by atoms with Crippen LogP contribution in [0.3, 0.4) is 0 Å². The molecule has 1 aromatic carbocycles. The van der Waals surface area contributed by atoms with Crippen LogP contribution in [-0.2, 0) is 10.5 Å². The molecule has 104 valence electrons. The van der Waals surface area contributed by atoms with Crippen molar-refractivity contribution < 1.29 is 9.59 Å². The summed E-state index contributed by atoms with van der Waals surface area (Å²) >= 11 is 1.84. The van der Waals surface area contributed by atoms with Crippen molar-refractivity contribution in [1.29, 1.82) is 0 Å². The van der Waals surface area contributed by atoms with Crippen LogP contribution >= 0.6 is 11.8 Å². The van der Waals surface area contributed by atoms with Gasteiger partial charge in [-0.3, -0.25) is 9.59 Å². The van der Waals surface area contributed by atoms with Gasteiger partial charge in [-0.05, 0) is 30.4 Å². The lowest BCUT2D eigenvalue weighted by Crippen LogP contribution is -2.36. The third kappa shape index (κ3) is 5.79. The zero-order valence-corrected chi connectivity index (χ0v) is 12.2. The van der Waals surface area contributed by atoms with Gasteiger partial charge in [-0.1, -0.05) is 19.1 Å². The molecule has 0 heterocycles. The molecule has 4 nitrogen and oxygen atoms in total. The smallest absolute Gasteiger partial charge is 0.251 e. The second-order valence-electron chi connectivity index (χ2n) is 3.97. The highest BCUT2D eigenvalue weighted by Gasteiger charge is 2.07. The van der Waals surface area contributed by atoms with Crippen molar-refractivity contribution in [3.63, 3.8) is 0 Å². The Morgan fingerprint density at radius 1 is 1.11 bits per heavy atom. The molecule has 0 saturated carbocycles. The molecule has 1 rings (SSSR count). The minimum absolute atomic E-state index is 0.0140. The van der Waals surface area contributed by atoms with Gasteiger partial charge in [-0.15, -0.1) is 0 Å². The van der Waals surface area contributed by atoms with Crippen molar-refractivity contribution in [2.45, 2.75) is 19.6 Å². The Balaban J connectivity index is 2.46. The summed E-state index contributed by atoms with van der Waals surface area (Å²) < 4.78 is 0. The van der Waals surface area contributed by atoms with E-state index in [9.17, 15) is 9.59 Å². The molecule has 0 unspecified atom stereocenters. The molecule has 0 bridgehead atoms. The summed E-state index contributed by atoms with van der Waals surface area (Å²) in [6.45, 7) is 4.54. The van der Waals surface area contributed by atoms with Gasteiger partial charge in [0.1, 0.15) is 0 Å². The van der Waals surface area contributed by atoms with Gasteiger partial charge in [0.2, 0.25) is 5.91 Å². The van der Waals surface area contributed by atoms with Crippen LogP contribution in [0.4, 0.5) is 0 Å². The van der Waals surface area contributed by atoms with Gasteiger partial charge in [0.05, 0.1) is 6.54 Å². The van der Waals surface area contributed by atoms with E-state index in [0.29, 0.717) is 12.1 Å². The molecule has 0 aliphatic rings. The second kappa shape index (κ2) is 8.58. The minimum atomic E-state index is -0.221. The van der Waals surface area contributed by atoms with Crippen molar-refractivity contribution in [1.82, 2.24) is 10.6 Å². The molecule has 0 spiro atoms. The van der Waals surface area contributed by atoms with E-state index in [4.69, 9.17) is 0 Å². The second-order valence-corrected chi connectivity index (χ2v) is 5.24. The zero-order chi connectivity index (χ0) is 14.1. The van der Waals surface area contributed by atoms with E-state index in [-0.39, 0.29) is 18.4 Å². The molecule has 2 amide bonds. The van der Waals surface area contributed by atoms with Crippen molar-refractivity contribution in [3.8, 4) is 0 Å². The Morgan fingerprint density at radius 2 is 1.79 bits per heavy atom. The van der Waals surface area contributed by atoms with Crippen LogP contribution in [0, 0.1) is 0 Å². The van der Waals surface area contributed by atoms with Crippen LogP contribution in [0.15, 0.2) is 24.3 Å². The lowest BCUT2D eigenvalue weighted by Gasteiger charge is -2.06. The maximum absolute atomic E-state index is 11.8. The minimum Gasteiger partial charge on any atom is -0.355 e. The number of carbonyl (C=O) groups excluding carboxylic acids is 2. The molecule has 0 aliphatic heterocycles. The van der Waals surface area contributed by atoms with E-state index < -0.39 is 0 Å². The van der Waals surface area contributed by atoms with Crippen molar-refractivity contribution in [3.05, 3.63) is 35.4 Å². The standard InChI is InChI=1S/C14H20N2O2S/c1-3-15-13(17)9-16-14(18)12-7-5-11(6-8-12)10-19-4-2/h5-8H,3-4,9-10H2,1-2H3,(H,15,17)(H,16,18). The van der Waals surface area contributed by atoms with Gasteiger partial charge in [-0.2, -0.15) is 11.8 Å². The number of hydrogen-bond acceptors (Lipinski definition) is 3. The van der Waals surface area contributed by atoms with Gasteiger partial charge in [0.15, 0.2) is 0 Å². The highest BCUT2D eigenvalue weighted by Crippen LogP contribution is 2.12. The van der Waals surface area contributed by atoms with Crippen molar-refractivity contribution in [2.24, 2.45) is 0 Å². The fourth-order valence-electron chi connectivity index (χ4n) is 1.49. The molecule has 1 aromatic rings. The summed E-state index contributed by atoms with van der Waals surface area (Å²) in [6.07, 6.45) is 0. The third-order valence-electron chi connectivity index (χ3n) is 2.47. The number of rotatable bonds is 7. The number of hydrogen-bond donors (Lipinski definition) is 2. The first-order chi connectivity index (χ1) is 9.17. The first-order valence-electron chi connectivity index (χ1n) is 6.39. The molecule has 0 fully saturated rings. The summed E-state index contributed by atoms with van der Waals surface area (Å²) in [5.74, 6) is 1.64. The third-order valence-corrected chi connectivity index (χ3v) is 3.42. The summed E-state index contributed by atoms with van der Waals surface area (Å²) in [4.78, 5) is 23.0. The maximum atomic E-state index is 11.8. The Bertz CT molecular complexity index is 418. The molecule has 5 heteroatoms. The normalized spacial score (nSPS) is 10.0. The van der Waals surface area contributed by atoms with Crippen molar-refractivity contribution in [2.75, 3.05) is 18.8 Å². The highest BCUT2D eigenvalue weighted by molar-refractivity contribution is 7.98. The van der Waals surface area contributed by atoms with Crippen molar-refractivity contribution >= 4 is 23.6 Å². The first-order valence-corrected chi connectivity index (χ1v) is 7.54. The number of carbonyl (C=O) groups is 2. The predicted octanol–water partition coefficient (Wildman–Crippen LogP) is 1.81. The number of likely N-dealkylation sites (N-methyl/N-ethyl adjacent to an activating group) is 1. The van der Waals surface area contributed by atoms with E-state index in [0.717, 1.165) is 11.5 Å². The molecule has 0 atom stereocenters. The average Bonchev–Trinajstić information content (AvgIpc) is 2.43. The molecule has 0 aromatic heterocycles. The fraction of sp³-hybridized carbons (Fsp3) is 0.429. The van der Waals surface area contributed by atoms with Gasteiger partial charge < -0.3 is 10.6 Å². The predicted molar refractivity (Wildman–Crippen MR) is 79.3 cm³/mol. The Morgan fingerprint density at radius 3 is 2.37 bits per heavy atom. The summed E-state index contributed by atoms with van der Waals surface area (Å²) in [6, 6.07) is 7.48. The molecule has 2 N–H and O–H groups in total. The fourth-order valence-corrected chi connectivity index (χ4v) is 2.13. The van der Waals surface area contributed by atoms with Crippen LogP contribution in [-0.4, -0.2) is 30.7 Å². The van der Waals surface area contributed by atoms with E-state index in [2.05, 4.69) is 17.6 Å². The molecule has 0 radical (unpaired) electrons. The maximum Gasteiger partial charge on any atom is 0.251 e. The molecular weight excluding hydrogens is 260 g/mol. The van der Waals surface area contributed by atoms with E-state index in [1.54, 1.807) is 12.1 Å². The lowest BCUT2D eigenvalue weighted by atomic mass is 10.1. The molecular formula is C14H20N2O2S. The van der Waals surface area contributed by atoms with E-state index in [1.165, 1.54) is 5.56 Å². The Kier molecular flexibility index (Phi) is 7.03. The van der Waals surface area contributed by atoms with Crippen LogP contribution < -0.4 is 10.6 Å². The van der Waals surface area contributed by atoms with Gasteiger partial charge in [0, 0.05) is 17.9 Å². The molecule has 19 heavy (non-hydrogen) atoms.